The molecule has 0 radical (unpaired) electrons. The van der Waals surface area contributed by atoms with E-state index in [9.17, 15) is 4.79 Å². The molecule has 0 unspecified atom stereocenters. The molecule has 0 N–H and O–H groups in total. The van der Waals surface area contributed by atoms with Gasteiger partial charge < -0.3 is 19.3 Å². The molecule has 2 fully saturated rings. The van der Waals surface area contributed by atoms with Crippen LogP contribution in [0.15, 0.2) is 28.7 Å². The number of piperidine rings is 1. The van der Waals surface area contributed by atoms with Crippen LogP contribution in [0.4, 0.5) is 0 Å². The Bertz CT molecular complexity index is 678. The average Bonchev–Trinajstić information content (AvgIpc) is 2.69. The topological polar surface area (TPSA) is 42.0 Å². The van der Waals surface area contributed by atoms with Crippen LogP contribution in [0.25, 0.3) is 6.08 Å². The Morgan fingerprint density at radius 2 is 1.96 bits per heavy atom. The van der Waals surface area contributed by atoms with Crippen molar-refractivity contribution in [1.29, 1.82) is 0 Å². The lowest BCUT2D eigenvalue weighted by atomic mass is 10.1. The molecular weight excluding hydrogens is 420 g/mol. The molecule has 1 amide bonds. The zero-order chi connectivity index (χ0) is 19.9. The summed E-state index contributed by atoms with van der Waals surface area (Å²) in [7, 11) is 0. The fraction of sp³-hybridized carbons (Fsp3) is 0.591. The zero-order valence-corrected chi connectivity index (χ0v) is 18.5. The van der Waals surface area contributed by atoms with Gasteiger partial charge in [0.1, 0.15) is 11.9 Å². The van der Waals surface area contributed by atoms with Crippen LogP contribution in [0.1, 0.15) is 32.3 Å². The van der Waals surface area contributed by atoms with E-state index >= 15 is 0 Å². The Labute approximate surface area is 176 Å². The summed E-state index contributed by atoms with van der Waals surface area (Å²) in [6.45, 7) is 10.5. The molecule has 0 aliphatic carbocycles. The van der Waals surface area contributed by atoms with Crippen molar-refractivity contribution in [2.75, 3.05) is 45.9 Å². The molecule has 0 saturated carbocycles. The Balaban J connectivity index is 1.51. The summed E-state index contributed by atoms with van der Waals surface area (Å²) in [5, 5.41) is 0. The molecule has 2 aliphatic rings. The summed E-state index contributed by atoms with van der Waals surface area (Å²) in [6.07, 6.45) is 5.89. The maximum atomic E-state index is 12.2. The molecule has 3 rings (SSSR count). The summed E-state index contributed by atoms with van der Waals surface area (Å²) >= 11 is 3.62. The first-order valence-electron chi connectivity index (χ1n) is 10.2. The number of hydrogen-bond acceptors (Lipinski definition) is 4. The van der Waals surface area contributed by atoms with Crippen molar-refractivity contribution in [3.05, 3.63) is 34.3 Å². The highest BCUT2D eigenvalue weighted by molar-refractivity contribution is 9.10. The Morgan fingerprint density at radius 1 is 1.25 bits per heavy atom. The van der Waals surface area contributed by atoms with Gasteiger partial charge in [-0.3, -0.25) is 4.79 Å². The van der Waals surface area contributed by atoms with Gasteiger partial charge in [-0.05, 0) is 58.5 Å². The molecule has 0 bridgehead atoms. The summed E-state index contributed by atoms with van der Waals surface area (Å²) in [6, 6.07) is 5.99. The van der Waals surface area contributed by atoms with Gasteiger partial charge in [0.05, 0.1) is 17.7 Å². The molecule has 6 heteroatoms. The smallest absolute Gasteiger partial charge is 0.246 e. The molecule has 0 aromatic heterocycles. The van der Waals surface area contributed by atoms with Gasteiger partial charge in [0.15, 0.2) is 0 Å². The van der Waals surface area contributed by atoms with Gasteiger partial charge in [-0.25, -0.2) is 0 Å². The predicted molar refractivity (Wildman–Crippen MR) is 116 cm³/mol. The van der Waals surface area contributed by atoms with E-state index < -0.39 is 0 Å². The van der Waals surface area contributed by atoms with Gasteiger partial charge in [-0.2, -0.15) is 0 Å². The molecule has 1 aromatic carbocycles. The SMILES string of the molecule is CC(C)CN1CCC(Oc2ccc(C=CC(=O)N3CCOCC3)cc2Br)CC1. The number of ether oxygens (including phenoxy) is 2. The fourth-order valence-electron chi connectivity index (χ4n) is 3.68. The van der Waals surface area contributed by atoms with Crippen molar-refractivity contribution < 1.29 is 14.3 Å². The average molecular weight is 451 g/mol. The van der Waals surface area contributed by atoms with Gasteiger partial charge in [0.2, 0.25) is 5.91 Å². The van der Waals surface area contributed by atoms with E-state index in [1.807, 2.05) is 29.2 Å². The van der Waals surface area contributed by atoms with Crippen molar-refractivity contribution >= 4 is 27.9 Å². The summed E-state index contributed by atoms with van der Waals surface area (Å²) in [4.78, 5) is 16.6. The van der Waals surface area contributed by atoms with Crippen LogP contribution in [-0.2, 0) is 9.53 Å². The second-order valence-corrected chi connectivity index (χ2v) is 8.83. The number of carbonyl (C=O) groups excluding carboxylic acids is 1. The lowest BCUT2D eigenvalue weighted by Gasteiger charge is -2.33. The van der Waals surface area contributed by atoms with Gasteiger partial charge in [0, 0.05) is 38.8 Å². The molecule has 1 aromatic rings. The molecular formula is C22H31BrN2O3. The third-order valence-corrected chi connectivity index (χ3v) is 5.77. The number of nitrogens with zero attached hydrogens (tertiary/aromatic N) is 2. The van der Waals surface area contributed by atoms with Crippen molar-refractivity contribution in [1.82, 2.24) is 9.80 Å². The Hall–Kier alpha value is -1.37. The van der Waals surface area contributed by atoms with Crippen molar-refractivity contribution in [3.8, 4) is 5.75 Å². The molecule has 0 atom stereocenters. The third-order valence-electron chi connectivity index (χ3n) is 5.15. The molecule has 154 valence electrons. The standard InChI is InChI=1S/C22H31BrN2O3/c1-17(2)16-24-9-7-19(8-10-24)28-21-5-3-18(15-20(21)23)4-6-22(26)25-11-13-27-14-12-25/h3-6,15,17,19H,7-14,16H2,1-2H3. The zero-order valence-electron chi connectivity index (χ0n) is 16.9. The molecule has 2 heterocycles. The van der Waals surface area contributed by atoms with Gasteiger partial charge >= 0.3 is 0 Å². The minimum Gasteiger partial charge on any atom is -0.489 e. The Morgan fingerprint density at radius 3 is 2.61 bits per heavy atom. The van der Waals surface area contributed by atoms with Gasteiger partial charge in [0.25, 0.3) is 0 Å². The lowest BCUT2D eigenvalue weighted by molar-refractivity contribution is -0.129. The minimum atomic E-state index is 0.0351. The fourth-order valence-corrected chi connectivity index (χ4v) is 4.17. The van der Waals surface area contributed by atoms with Crippen molar-refractivity contribution in [2.45, 2.75) is 32.8 Å². The number of hydrogen-bond donors (Lipinski definition) is 0. The van der Waals surface area contributed by atoms with E-state index in [-0.39, 0.29) is 12.0 Å². The second kappa shape index (κ2) is 10.4. The monoisotopic (exact) mass is 450 g/mol. The van der Waals surface area contributed by atoms with Gasteiger partial charge in [-0.1, -0.05) is 19.9 Å². The molecule has 28 heavy (non-hydrogen) atoms. The Kier molecular flexibility index (Phi) is 7.94. The van der Waals surface area contributed by atoms with Crippen LogP contribution in [0.2, 0.25) is 0 Å². The van der Waals surface area contributed by atoms with E-state index in [1.165, 1.54) is 6.54 Å². The number of rotatable bonds is 6. The molecule has 5 nitrogen and oxygen atoms in total. The van der Waals surface area contributed by atoms with Crippen LogP contribution in [-0.4, -0.2) is 67.7 Å². The van der Waals surface area contributed by atoms with E-state index in [4.69, 9.17) is 9.47 Å². The van der Waals surface area contributed by atoms with Crippen molar-refractivity contribution in [3.63, 3.8) is 0 Å². The van der Waals surface area contributed by atoms with E-state index in [1.54, 1.807) is 6.08 Å². The minimum absolute atomic E-state index is 0.0351. The number of halogens is 1. The van der Waals surface area contributed by atoms with Crippen LogP contribution >= 0.6 is 15.9 Å². The first kappa shape index (κ1) is 21.3. The number of amides is 1. The van der Waals surface area contributed by atoms with Crippen LogP contribution < -0.4 is 4.74 Å². The largest absolute Gasteiger partial charge is 0.489 e. The maximum absolute atomic E-state index is 12.2. The van der Waals surface area contributed by atoms with Crippen LogP contribution in [0.5, 0.6) is 5.75 Å². The highest BCUT2D eigenvalue weighted by Crippen LogP contribution is 2.29. The molecule has 2 saturated heterocycles. The van der Waals surface area contributed by atoms with E-state index in [0.717, 1.165) is 41.7 Å². The highest BCUT2D eigenvalue weighted by Gasteiger charge is 2.21. The highest BCUT2D eigenvalue weighted by atomic mass is 79.9. The van der Waals surface area contributed by atoms with Crippen LogP contribution in [0, 0.1) is 5.92 Å². The second-order valence-electron chi connectivity index (χ2n) is 7.97. The lowest BCUT2D eigenvalue weighted by Crippen LogP contribution is -2.39. The normalized spacial score (nSPS) is 19.5. The van der Waals surface area contributed by atoms with Crippen molar-refractivity contribution in [2.24, 2.45) is 5.92 Å². The first-order chi connectivity index (χ1) is 13.5. The molecule has 2 aliphatic heterocycles. The molecule has 0 spiro atoms. The summed E-state index contributed by atoms with van der Waals surface area (Å²) in [5.74, 6) is 1.62. The first-order valence-corrected chi connectivity index (χ1v) is 11.0. The summed E-state index contributed by atoms with van der Waals surface area (Å²) < 4.78 is 12.4. The number of morpholine rings is 1. The maximum Gasteiger partial charge on any atom is 0.246 e. The van der Waals surface area contributed by atoms with E-state index in [2.05, 4.69) is 34.7 Å². The van der Waals surface area contributed by atoms with Crippen LogP contribution in [0.3, 0.4) is 0 Å². The number of benzene rings is 1. The van der Waals surface area contributed by atoms with Gasteiger partial charge in [-0.15, -0.1) is 0 Å². The number of likely N-dealkylation sites (tertiary alicyclic amines) is 1. The number of carbonyl (C=O) groups is 1. The summed E-state index contributed by atoms with van der Waals surface area (Å²) in [5.41, 5.74) is 0.979. The quantitative estimate of drug-likeness (QED) is 0.617. The predicted octanol–water partition coefficient (Wildman–Crippen LogP) is 3.82. The van der Waals surface area contributed by atoms with E-state index in [0.29, 0.717) is 32.2 Å². The third kappa shape index (κ3) is 6.33.